The van der Waals surface area contributed by atoms with Gasteiger partial charge in [0.05, 0.1) is 0 Å². The van der Waals surface area contributed by atoms with Gasteiger partial charge in [0.1, 0.15) is 0 Å². The van der Waals surface area contributed by atoms with Crippen LogP contribution in [0.2, 0.25) is 0 Å². The average Bonchev–Trinajstić information content (AvgIpc) is 2.76. The van der Waals surface area contributed by atoms with Gasteiger partial charge in [-0.25, -0.2) is 0 Å². The van der Waals surface area contributed by atoms with Crippen molar-refractivity contribution in [2.75, 3.05) is 31.6 Å². The van der Waals surface area contributed by atoms with Gasteiger partial charge in [-0.2, -0.15) is 0 Å². The van der Waals surface area contributed by atoms with Crippen LogP contribution in [0.1, 0.15) is 12.0 Å². The molecule has 1 spiro atoms. The van der Waals surface area contributed by atoms with Crippen LogP contribution < -0.4 is 10.2 Å². The molecule has 0 radical (unpaired) electrons. The lowest BCUT2D eigenvalue weighted by Gasteiger charge is -2.22. The molecule has 2 heterocycles. The highest BCUT2D eigenvalue weighted by Crippen LogP contribution is 2.44. The van der Waals surface area contributed by atoms with Gasteiger partial charge in [0, 0.05) is 35.7 Å². The van der Waals surface area contributed by atoms with Crippen LogP contribution in [0.4, 0.5) is 5.69 Å². The van der Waals surface area contributed by atoms with Gasteiger partial charge in [-0.15, -0.1) is 0 Å². The fourth-order valence-corrected chi connectivity index (χ4v) is 3.35. The van der Waals surface area contributed by atoms with E-state index in [4.69, 9.17) is 0 Å². The van der Waals surface area contributed by atoms with E-state index in [-0.39, 0.29) is 0 Å². The normalized spacial score (nSPS) is 28.8. The first-order valence-corrected chi connectivity index (χ1v) is 6.22. The number of hydrogen-bond acceptors (Lipinski definition) is 2. The second-order valence-corrected chi connectivity index (χ2v) is 5.64. The van der Waals surface area contributed by atoms with Crippen LogP contribution in [-0.4, -0.2) is 26.7 Å². The molecule has 1 aromatic carbocycles. The molecular weight excluding hydrogens is 252 g/mol. The average molecular weight is 267 g/mol. The van der Waals surface area contributed by atoms with Crippen molar-refractivity contribution in [2.24, 2.45) is 0 Å². The molecule has 1 aromatic rings. The highest BCUT2D eigenvalue weighted by Gasteiger charge is 2.43. The SMILES string of the molecule is CN1C[C@]2(CCNC2)c2ccc(Br)cc21. The van der Waals surface area contributed by atoms with E-state index in [2.05, 4.69) is 51.4 Å². The van der Waals surface area contributed by atoms with Crippen LogP contribution in [0.15, 0.2) is 22.7 Å². The minimum absolute atomic E-state index is 0.380. The Bertz CT molecular complexity index is 397. The molecule has 0 aromatic heterocycles. The Balaban J connectivity index is 2.13. The van der Waals surface area contributed by atoms with Crippen LogP contribution >= 0.6 is 15.9 Å². The van der Waals surface area contributed by atoms with Gasteiger partial charge < -0.3 is 10.2 Å². The molecule has 3 heteroatoms. The Labute approximate surface area is 98.8 Å². The number of nitrogens with one attached hydrogen (secondary N) is 1. The second kappa shape index (κ2) is 3.22. The fourth-order valence-electron chi connectivity index (χ4n) is 3.00. The second-order valence-electron chi connectivity index (χ2n) is 4.72. The van der Waals surface area contributed by atoms with Crippen molar-refractivity contribution in [2.45, 2.75) is 11.8 Å². The number of benzene rings is 1. The molecule has 0 bridgehead atoms. The summed E-state index contributed by atoms with van der Waals surface area (Å²) in [5, 5.41) is 3.49. The number of hydrogen-bond donors (Lipinski definition) is 1. The first-order chi connectivity index (χ1) is 7.21. The van der Waals surface area contributed by atoms with E-state index in [0.29, 0.717) is 5.41 Å². The monoisotopic (exact) mass is 266 g/mol. The summed E-state index contributed by atoms with van der Waals surface area (Å²) >= 11 is 3.55. The molecule has 3 rings (SSSR count). The van der Waals surface area contributed by atoms with Gasteiger partial charge in [-0.1, -0.05) is 22.0 Å². The van der Waals surface area contributed by atoms with E-state index in [1.165, 1.54) is 22.1 Å². The van der Waals surface area contributed by atoms with Crippen molar-refractivity contribution in [1.82, 2.24) is 5.32 Å². The lowest BCUT2D eigenvalue weighted by molar-refractivity contribution is 0.504. The number of fused-ring (bicyclic) bond motifs is 2. The first-order valence-electron chi connectivity index (χ1n) is 5.43. The number of likely N-dealkylation sites (N-methyl/N-ethyl adjacent to an activating group) is 1. The Hall–Kier alpha value is -0.540. The van der Waals surface area contributed by atoms with Crippen LogP contribution in [0, 0.1) is 0 Å². The molecule has 1 fully saturated rings. The molecule has 2 aliphatic heterocycles. The first kappa shape index (κ1) is 9.67. The van der Waals surface area contributed by atoms with Crippen LogP contribution in [0.5, 0.6) is 0 Å². The molecule has 0 saturated carbocycles. The molecule has 15 heavy (non-hydrogen) atoms. The van der Waals surface area contributed by atoms with Gasteiger partial charge in [0.2, 0.25) is 0 Å². The smallest absolute Gasteiger partial charge is 0.0414 e. The minimum Gasteiger partial charge on any atom is -0.373 e. The van der Waals surface area contributed by atoms with E-state index < -0.39 is 0 Å². The van der Waals surface area contributed by atoms with Crippen LogP contribution in [0.3, 0.4) is 0 Å². The highest BCUT2D eigenvalue weighted by molar-refractivity contribution is 9.10. The van der Waals surface area contributed by atoms with E-state index >= 15 is 0 Å². The van der Waals surface area contributed by atoms with Gasteiger partial charge in [-0.05, 0) is 30.7 Å². The van der Waals surface area contributed by atoms with Gasteiger partial charge in [0.15, 0.2) is 0 Å². The van der Waals surface area contributed by atoms with Crippen LogP contribution in [-0.2, 0) is 5.41 Å². The number of rotatable bonds is 0. The maximum absolute atomic E-state index is 3.55. The van der Waals surface area contributed by atoms with Crippen molar-refractivity contribution in [3.63, 3.8) is 0 Å². The van der Waals surface area contributed by atoms with Gasteiger partial charge in [0.25, 0.3) is 0 Å². The molecule has 1 N–H and O–H groups in total. The third-order valence-electron chi connectivity index (χ3n) is 3.73. The maximum Gasteiger partial charge on any atom is 0.0414 e. The lowest BCUT2D eigenvalue weighted by atomic mass is 9.82. The zero-order valence-corrected chi connectivity index (χ0v) is 10.5. The molecule has 0 amide bonds. The van der Waals surface area contributed by atoms with E-state index in [0.717, 1.165) is 19.6 Å². The fraction of sp³-hybridized carbons (Fsp3) is 0.500. The summed E-state index contributed by atoms with van der Waals surface area (Å²) < 4.78 is 1.18. The summed E-state index contributed by atoms with van der Waals surface area (Å²) in [5.74, 6) is 0. The van der Waals surface area contributed by atoms with Crippen molar-refractivity contribution >= 4 is 21.6 Å². The van der Waals surface area contributed by atoms with E-state index in [9.17, 15) is 0 Å². The molecular formula is C12H15BrN2. The van der Waals surface area contributed by atoms with E-state index in [1.54, 1.807) is 0 Å². The Morgan fingerprint density at radius 2 is 2.33 bits per heavy atom. The summed E-state index contributed by atoms with van der Waals surface area (Å²) in [6, 6.07) is 6.69. The number of halogens is 1. The third-order valence-corrected chi connectivity index (χ3v) is 4.22. The van der Waals surface area contributed by atoms with Crippen molar-refractivity contribution < 1.29 is 0 Å². The summed E-state index contributed by atoms with van der Waals surface area (Å²) in [6.45, 7) is 3.45. The summed E-state index contributed by atoms with van der Waals surface area (Å²) in [5.41, 5.74) is 3.30. The molecule has 1 atom stereocenters. The largest absolute Gasteiger partial charge is 0.373 e. The molecule has 0 aliphatic carbocycles. The molecule has 80 valence electrons. The quantitative estimate of drug-likeness (QED) is 0.774. The standard InChI is InChI=1S/C12H15BrN2/c1-15-8-12(4-5-14-7-12)10-3-2-9(13)6-11(10)15/h2-3,6,14H,4-5,7-8H2,1H3/t12-/m1/s1. The molecule has 2 nitrogen and oxygen atoms in total. The topological polar surface area (TPSA) is 15.3 Å². The van der Waals surface area contributed by atoms with E-state index in [1.807, 2.05) is 0 Å². The van der Waals surface area contributed by atoms with Crippen molar-refractivity contribution in [3.8, 4) is 0 Å². The Morgan fingerprint density at radius 3 is 3.07 bits per heavy atom. The summed E-state index contributed by atoms with van der Waals surface area (Å²) in [6.07, 6.45) is 1.27. The predicted octanol–water partition coefficient (Wildman–Crippen LogP) is 2.13. The summed E-state index contributed by atoms with van der Waals surface area (Å²) in [4.78, 5) is 2.38. The highest BCUT2D eigenvalue weighted by atomic mass is 79.9. The maximum atomic E-state index is 3.55. The Kier molecular flexibility index (Phi) is 2.08. The predicted molar refractivity (Wildman–Crippen MR) is 66.6 cm³/mol. The van der Waals surface area contributed by atoms with Crippen molar-refractivity contribution in [1.29, 1.82) is 0 Å². The molecule has 2 aliphatic rings. The number of nitrogens with zero attached hydrogens (tertiary/aromatic N) is 1. The lowest BCUT2D eigenvalue weighted by Crippen LogP contribution is -2.33. The molecule has 1 saturated heterocycles. The van der Waals surface area contributed by atoms with Gasteiger partial charge >= 0.3 is 0 Å². The van der Waals surface area contributed by atoms with Crippen LogP contribution in [0.25, 0.3) is 0 Å². The zero-order chi connectivity index (χ0) is 10.5. The third kappa shape index (κ3) is 1.33. The van der Waals surface area contributed by atoms with Gasteiger partial charge in [-0.3, -0.25) is 0 Å². The zero-order valence-electron chi connectivity index (χ0n) is 8.89. The summed E-state index contributed by atoms with van der Waals surface area (Å²) in [7, 11) is 2.19. The van der Waals surface area contributed by atoms with Crippen molar-refractivity contribution in [3.05, 3.63) is 28.2 Å². The minimum atomic E-state index is 0.380. The Morgan fingerprint density at radius 1 is 1.47 bits per heavy atom. The number of anilines is 1. The molecule has 0 unspecified atom stereocenters.